The van der Waals surface area contributed by atoms with Crippen molar-refractivity contribution in [3.05, 3.63) is 99.3 Å². The van der Waals surface area contributed by atoms with Crippen LogP contribution in [0.15, 0.2) is 82.3 Å². The number of hydrogen-bond acceptors (Lipinski definition) is 1. The third-order valence-electron chi connectivity index (χ3n) is 7.49. The number of hydrogen-bond donors (Lipinski definition) is 0. The summed E-state index contributed by atoms with van der Waals surface area (Å²) in [5, 5.41) is 1.10. The van der Waals surface area contributed by atoms with Crippen LogP contribution in [0.2, 0.25) is 0 Å². The molecule has 1 aliphatic heterocycles. The van der Waals surface area contributed by atoms with Crippen molar-refractivity contribution in [2.75, 3.05) is 4.90 Å². The van der Waals surface area contributed by atoms with E-state index in [1.54, 1.807) is 11.0 Å². The van der Waals surface area contributed by atoms with Gasteiger partial charge in [-0.3, -0.25) is 9.69 Å². The summed E-state index contributed by atoms with van der Waals surface area (Å²) in [6, 6.07) is 21.5. The Balaban J connectivity index is 1.67. The number of carbonyl (C=O) groups excluding carboxylic acids is 1. The highest BCUT2D eigenvalue weighted by atomic mass is 79.9. The van der Waals surface area contributed by atoms with E-state index in [1.807, 2.05) is 18.2 Å². The zero-order valence-corrected chi connectivity index (χ0v) is 21.4. The van der Waals surface area contributed by atoms with Gasteiger partial charge in [-0.05, 0) is 68.0 Å². The number of benzene rings is 3. The molecule has 4 aromatic rings. The summed E-state index contributed by atoms with van der Waals surface area (Å²) < 4.78 is 18.3. The monoisotopic (exact) mass is 528 g/mol. The second kappa shape index (κ2) is 8.49. The highest BCUT2D eigenvalue weighted by Crippen LogP contribution is 2.51. The summed E-state index contributed by atoms with van der Waals surface area (Å²) >= 11 is 3.37. The third kappa shape index (κ3) is 3.48. The van der Waals surface area contributed by atoms with Gasteiger partial charge in [0.05, 0.1) is 17.4 Å². The summed E-state index contributed by atoms with van der Waals surface area (Å²) in [5.74, 6) is -0.455. The molecule has 1 aliphatic carbocycles. The zero-order valence-electron chi connectivity index (χ0n) is 19.8. The van der Waals surface area contributed by atoms with E-state index < -0.39 is 5.82 Å². The second-order valence-corrected chi connectivity index (χ2v) is 10.5. The van der Waals surface area contributed by atoms with E-state index in [2.05, 4.69) is 70.9 Å². The van der Waals surface area contributed by atoms with Crippen LogP contribution in [0.4, 0.5) is 10.1 Å². The molecule has 1 unspecified atom stereocenters. The Hall–Kier alpha value is -3.18. The summed E-state index contributed by atoms with van der Waals surface area (Å²) in [6.07, 6.45) is 3.65. The SMILES string of the molecule is Cc1ccc(-c2c(C3C4=C(CCCC4)C(=O)N3c3ccc(Br)cc3F)c3ccccc3n2C)cc1. The summed E-state index contributed by atoms with van der Waals surface area (Å²) in [4.78, 5) is 15.6. The topological polar surface area (TPSA) is 25.2 Å². The Bertz CT molecular complexity index is 1520. The summed E-state index contributed by atoms with van der Waals surface area (Å²) in [5.41, 5.74) is 7.89. The summed E-state index contributed by atoms with van der Waals surface area (Å²) in [6.45, 7) is 2.08. The maximum absolute atomic E-state index is 15.4. The van der Waals surface area contributed by atoms with Gasteiger partial charge < -0.3 is 4.57 Å². The standard InChI is InChI=1S/C30H26BrFN2O/c1-18-11-13-19(14-12-18)28-27(23-9-5-6-10-25(23)33(28)2)29-21-7-3-4-8-22(21)30(35)34(29)26-16-15-20(31)17-24(26)32/h5-6,9-17,29H,3-4,7-8H2,1-2H3. The van der Waals surface area contributed by atoms with E-state index in [0.29, 0.717) is 10.2 Å². The Kier molecular flexibility index (Phi) is 5.41. The fraction of sp³-hybridized carbons (Fsp3) is 0.233. The quantitative estimate of drug-likeness (QED) is 0.264. The lowest BCUT2D eigenvalue weighted by Crippen LogP contribution is -2.31. The minimum absolute atomic E-state index is 0.0614. The maximum Gasteiger partial charge on any atom is 0.255 e. The number of rotatable bonds is 3. The average Bonchev–Trinajstić information content (AvgIpc) is 3.31. The van der Waals surface area contributed by atoms with Crippen LogP contribution in [0.3, 0.4) is 0 Å². The van der Waals surface area contributed by atoms with Crippen molar-refractivity contribution in [3.63, 3.8) is 0 Å². The van der Waals surface area contributed by atoms with Gasteiger partial charge in [-0.2, -0.15) is 0 Å². The first-order valence-corrected chi connectivity index (χ1v) is 12.9. The lowest BCUT2D eigenvalue weighted by Gasteiger charge is -2.29. The first kappa shape index (κ1) is 22.3. The van der Waals surface area contributed by atoms with Crippen LogP contribution in [0.5, 0.6) is 0 Å². The Morgan fingerprint density at radius 3 is 2.49 bits per heavy atom. The Morgan fingerprint density at radius 2 is 1.71 bits per heavy atom. The highest BCUT2D eigenvalue weighted by Gasteiger charge is 2.44. The molecule has 0 saturated heterocycles. The number of aryl methyl sites for hydroxylation is 2. The molecule has 0 fully saturated rings. The van der Waals surface area contributed by atoms with Crippen LogP contribution in [0.1, 0.15) is 42.9 Å². The van der Waals surface area contributed by atoms with Crippen molar-refractivity contribution in [2.45, 2.75) is 38.6 Å². The molecule has 3 aromatic carbocycles. The van der Waals surface area contributed by atoms with Crippen molar-refractivity contribution < 1.29 is 9.18 Å². The molecule has 176 valence electrons. The molecule has 35 heavy (non-hydrogen) atoms. The molecule has 6 rings (SSSR count). The van der Waals surface area contributed by atoms with Gasteiger partial charge in [-0.25, -0.2) is 4.39 Å². The van der Waals surface area contributed by atoms with Crippen LogP contribution in [-0.4, -0.2) is 10.5 Å². The molecule has 0 saturated carbocycles. The molecule has 2 heterocycles. The molecule has 0 bridgehead atoms. The number of halogens is 2. The van der Waals surface area contributed by atoms with Crippen molar-refractivity contribution in [3.8, 4) is 11.3 Å². The largest absolute Gasteiger partial charge is 0.343 e. The molecular weight excluding hydrogens is 503 g/mol. The number of nitrogens with zero attached hydrogens (tertiary/aromatic N) is 2. The Labute approximate surface area is 213 Å². The first-order chi connectivity index (χ1) is 17.0. The van der Waals surface area contributed by atoms with Gasteiger partial charge in [0.15, 0.2) is 0 Å². The lowest BCUT2D eigenvalue weighted by molar-refractivity contribution is -0.115. The van der Waals surface area contributed by atoms with Crippen LogP contribution in [-0.2, 0) is 11.8 Å². The molecular formula is C30H26BrFN2O. The number of para-hydroxylation sites is 1. The number of anilines is 1. The fourth-order valence-corrected chi connectivity index (χ4v) is 6.21. The van der Waals surface area contributed by atoms with E-state index in [9.17, 15) is 4.79 Å². The van der Waals surface area contributed by atoms with Gasteiger partial charge in [-0.1, -0.05) is 64.0 Å². The van der Waals surface area contributed by atoms with Gasteiger partial charge in [0.2, 0.25) is 0 Å². The molecule has 1 amide bonds. The smallest absolute Gasteiger partial charge is 0.255 e. The van der Waals surface area contributed by atoms with Crippen molar-refractivity contribution in [1.82, 2.24) is 4.57 Å². The zero-order chi connectivity index (χ0) is 24.3. The van der Waals surface area contributed by atoms with Crippen molar-refractivity contribution in [1.29, 1.82) is 0 Å². The van der Waals surface area contributed by atoms with Crippen LogP contribution < -0.4 is 4.90 Å². The van der Waals surface area contributed by atoms with Gasteiger partial charge in [0.25, 0.3) is 5.91 Å². The molecule has 3 nitrogen and oxygen atoms in total. The van der Waals surface area contributed by atoms with Crippen molar-refractivity contribution >= 4 is 38.4 Å². The molecule has 0 spiro atoms. The highest BCUT2D eigenvalue weighted by molar-refractivity contribution is 9.10. The van der Waals surface area contributed by atoms with Crippen LogP contribution >= 0.6 is 15.9 Å². The predicted octanol–water partition coefficient (Wildman–Crippen LogP) is 8.01. The van der Waals surface area contributed by atoms with E-state index in [4.69, 9.17) is 0 Å². The fourth-order valence-electron chi connectivity index (χ4n) is 5.88. The van der Waals surface area contributed by atoms with Crippen molar-refractivity contribution in [2.24, 2.45) is 7.05 Å². The number of aromatic nitrogens is 1. The Morgan fingerprint density at radius 1 is 0.971 bits per heavy atom. The van der Waals surface area contributed by atoms with Gasteiger partial charge in [0.1, 0.15) is 5.82 Å². The molecule has 0 radical (unpaired) electrons. The molecule has 5 heteroatoms. The lowest BCUT2D eigenvalue weighted by atomic mass is 9.86. The molecule has 1 atom stereocenters. The maximum atomic E-state index is 15.4. The molecule has 0 N–H and O–H groups in total. The van der Waals surface area contributed by atoms with Gasteiger partial charge in [-0.15, -0.1) is 0 Å². The van der Waals surface area contributed by atoms with Gasteiger partial charge in [0, 0.05) is 33.6 Å². The van der Waals surface area contributed by atoms with E-state index >= 15 is 4.39 Å². The van der Waals surface area contributed by atoms with E-state index in [1.165, 1.54) is 11.6 Å². The number of fused-ring (bicyclic) bond motifs is 1. The second-order valence-electron chi connectivity index (χ2n) is 9.59. The van der Waals surface area contributed by atoms with E-state index in [-0.39, 0.29) is 11.9 Å². The molecule has 1 aromatic heterocycles. The van der Waals surface area contributed by atoms with Gasteiger partial charge >= 0.3 is 0 Å². The third-order valence-corrected chi connectivity index (χ3v) is 7.98. The number of carbonyl (C=O) groups is 1. The number of amides is 1. The molecule has 2 aliphatic rings. The predicted molar refractivity (Wildman–Crippen MR) is 143 cm³/mol. The van der Waals surface area contributed by atoms with Crippen LogP contribution in [0.25, 0.3) is 22.2 Å². The average molecular weight is 529 g/mol. The van der Waals surface area contributed by atoms with Crippen LogP contribution in [0, 0.1) is 12.7 Å². The normalized spacial score (nSPS) is 18.0. The minimum atomic E-state index is -0.394. The first-order valence-electron chi connectivity index (χ1n) is 12.1. The minimum Gasteiger partial charge on any atom is -0.343 e. The van der Waals surface area contributed by atoms with E-state index in [0.717, 1.165) is 64.6 Å². The summed E-state index contributed by atoms with van der Waals surface area (Å²) in [7, 11) is 2.08.